The van der Waals surface area contributed by atoms with Crippen LogP contribution in [0.25, 0.3) is 10.2 Å². The summed E-state index contributed by atoms with van der Waals surface area (Å²) < 4.78 is 77.3. The van der Waals surface area contributed by atoms with Crippen molar-refractivity contribution < 1.29 is 31.1 Å². The van der Waals surface area contributed by atoms with Gasteiger partial charge in [0.15, 0.2) is 5.13 Å². The summed E-state index contributed by atoms with van der Waals surface area (Å²) in [5, 5.41) is 13.1. The highest BCUT2D eigenvalue weighted by Crippen LogP contribution is 2.35. The first kappa shape index (κ1) is 20.4. The molecule has 29 heavy (non-hydrogen) atoms. The Morgan fingerprint density at radius 1 is 1.00 bits per heavy atom. The van der Waals surface area contributed by atoms with Crippen LogP contribution in [0.15, 0.2) is 36.4 Å². The maximum absolute atomic E-state index is 13.0. The normalized spacial score (nSPS) is 11.9. The summed E-state index contributed by atoms with van der Waals surface area (Å²) in [5.41, 5.74) is -2.69. The topological polar surface area (TPSA) is 77.8 Å². The van der Waals surface area contributed by atoms with Crippen LogP contribution in [-0.4, -0.2) is 11.0 Å². The average Bonchev–Trinajstić information content (AvgIpc) is 3.01. The molecule has 12 heteroatoms. The van der Waals surface area contributed by atoms with Crippen molar-refractivity contribution in [1.29, 1.82) is 5.26 Å². The zero-order chi connectivity index (χ0) is 21.4. The van der Waals surface area contributed by atoms with Crippen LogP contribution < -0.4 is 10.6 Å². The van der Waals surface area contributed by atoms with Crippen LogP contribution in [0.1, 0.15) is 16.7 Å². The number of urea groups is 1. The second kappa shape index (κ2) is 7.25. The molecule has 3 aromatic rings. The van der Waals surface area contributed by atoms with Crippen LogP contribution in [0, 0.1) is 11.3 Å². The number of anilines is 2. The van der Waals surface area contributed by atoms with Crippen LogP contribution in [0.2, 0.25) is 0 Å². The number of rotatable bonds is 2. The number of thiazole rings is 1. The van der Waals surface area contributed by atoms with E-state index in [9.17, 15) is 31.1 Å². The van der Waals surface area contributed by atoms with Gasteiger partial charge in [0.1, 0.15) is 0 Å². The van der Waals surface area contributed by atoms with Gasteiger partial charge in [-0.2, -0.15) is 31.6 Å². The van der Waals surface area contributed by atoms with E-state index in [0.717, 1.165) is 41.7 Å². The molecule has 0 radical (unpaired) electrons. The lowest BCUT2D eigenvalue weighted by Gasteiger charge is -2.11. The van der Waals surface area contributed by atoms with Gasteiger partial charge in [-0.25, -0.2) is 9.78 Å². The van der Waals surface area contributed by atoms with Gasteiger partial charge in [0.2, 0.25) is 0 Å². The number of nitriles is 1. The Bertz CT molecular complexity index is 1130. The minimum atomic E-state index is -4.79. The largest absolute Gasteiger partial charge is 0.417 e. The number of halogens is 6. The van der Waals surface area contributed by atoms with Crippen molar-refractivity contribution in [2.45, 2.75) is 12.4 Å². The number of alkyl halides is 6. The van der Waals surface area contributed by atoms with E-state index >= 15 is 0 Å². The summed E-state index contributed by atoms with van der Waals surface area (Å²) in [6, 6.07) is 5.97. The van der Waals surface area contributed by atoms with E-state index in [1.807, 2.05) is 0 Å². The number of aromatic nitrogens is 1. The lowest BCUT2D eigenvalue weighted by atomic mass is 10.1. The van der Waals surface area contributed by atoms with Crippen LogP contribution >= 0.6 is 11.3 Å². The Kier molecular flexibility index (Phi) is 5.10. The summed E-state index contributed by atoms with van der Waals surface area (Å²) in [7, 11) is 0. The summed E-state index contributed by atoms with van der Waals surface area (Å²) in [6.07, 6.45) is -9.32. The van der Waals surface area contributed by atoms with E-state index in [4.69, 9.17) is 5.26 Å². The smallest absolute Gasteiger partial charge is 0.308 e. The average molecular weight is 430 g/mol. The maximum Gasteiger partial charge on any atom is 0.417 e. The van der Waals surface area contributed by atoms with Crippen molar-refractivity contribution in [2.75, 3.05) is 10.6 Å². The van der Waals surface area contributed by atoms with Crippen molar-refractivity contribution in [1.82, 2.24) is 4.98 Å². The summed E-state index contributed by atoms with van der Waals surface area (Å²) in [6.45, 7) is 0. The minimum absolute atomic E-state index is 0.0403. The third kappa shape index (κ3) is 4.57. The van der Waals surface area contributed by atoms with Gasteiger partial charge >= 0.3 is 18.4 Å². The second-order valence-electron chi connectivity index (χ2n) is 5.65. The molecule has 2 amide bonds. The number of benzene rings is 2. The van der Waals surface area contributed by atoms with Crippen molar-refractivity contribution in [2.24, 2.45) is 0 Å². The molecule has 2 N–H and O–H groups in total. The van der Waals surface area contributed by atoms with E-state index in [1.54, 1.807) is 0 Å². The monoisotopic (exact) mass is 430 g/mol. The van der Waals surface area contributed by atoms with E-state index in [-0.39, 0.29) is 21.0 Å². The van der Waals surface area contributed by atoms with E-state index in [0.29, 0.717) is 6.07 Å². The van der Waals surface area contributed by atoms with Crippen molar-refractivity contribution in [3.05, 3.63) is 53.1 Å². The zero-order valence-corrected chi connectivity index (χ0v) is 14.8. The van der Waals surface area contributed by atoms with Gasteiger partial charge in [0, 0.05) is 5.69 Å². The van der Waals surface area contributed by atoms with Crippen molar-refractivity contribution in [3.63, 3.8) is 0 Å². The number of hydrogen-bond donors (Lipinski definition) is 2. The number of carbonyl (C=O) groups excluding carboxylic acids is 1. The first-order valence-electron chi connectivity index (χ1n) is 7.64. The molecule has 5 nitrogen and oxygen atoms in total. The predicted molar refractivity (Wildman–Crippen MR) is 93.4 cm³/mol. The highest BCUT2D eigenvalue weighted by atomic mass is 32.1. The van der Waals surface area contributed by atoms with Gasteiger partial charge in [-0.15, -0.1) is 0 Å². The van der Waals surface area contributed by atoms with E-state index in [1.165, 1.54) is 6.07 Å². The lowest BCUT2D eigenvalue weighted by Crippen LogP contribution is -2.20. The molecule has 150 valence electrons. The Morgan fingerprint density at radius 2 is 1.72 bits per heavy atom. The lowest BCUT2D eigenvalue weighted by molar-refractivity contribution is -0.138. The third-order valence-corrected chi connectivity index (χ3v) is 4.57. The molecule has 3 rings (SSSR count). The standard InChI is InChI=1S/C17H8F6N4OS/c18-16(19,20)9-2-4-12-13(5-9)29-15(26-12)27-14(28)25-10-3-1-8(7-24)11(6-10)17(21,22)23/h1-6H,(H2,25,26,27,28). The number of fused-ring (bicyclic) bond motifs is 1. The molecule has 0 atom stereocenters. The molecule has 0 saturated heterocycles. The molecule has 0 bridgehead atoms. The Balaban J connectivity index is 1.78. The first-order chi connectivity index (χ1) is 13.5. The highest BCUT2D eigenvalue weighted by Gasteiger charge is 2.34. The fourth-order valence-electron chi connectivity index (χ4n) is 2.37. The van der Waals surface area contributed by atoms with Gasteiger partial charge in [-0.05, 0) is 36.4 Å². The Hall–Kier alpha value is -3.33. The maximum atomic E-state index is 13.0. The van der Waals surface area contributed by atoms with Gasteiger partial charge in [-0.3, -0.25) is 5.32 Å². The predicted octanol–water partition coefficient (Wildman–Crippen LogP) is 5.85. The third-order valence-electron chi connectivity index (χ3n) is 3.64. The molecule has 0 saturated carbocycles. The highest BCUT2D eigenvalue weighted by molar-refractivity contribution is 7.22. The molecule has 1 heterocycles. The number of nitrogens with one attached hydrogen (secondary N) is 2. The number of carbonyl (C=O) groups is 1. The SMILES string of the molecule is N#Cc1ccc(NC(=O)Nc2nc3ccc(C(F)(F)F)cc3s2)cc1C(F)(F)F. The van der Waals surface area contributed by atoms with Crippen LogP contribution in [0.3, 0.4) is 0 Å². The van der Waals surface area contributed by atoms with Crippen molar-refractivity contribution >= 4 is 38.4 Å². The van der Waals surface area contributed by atoms with E-state index < -0.39 is 35.1 Å². The molecule has 2 aromatic carbocycles. The molecular weight excluding hydrogens is 422 g/mol. The fourth-order valence-corrected chi connectivity index (χ4v) is 3.27. The van der Waals surface area contributed by atoms with Crippen LogP contribution in [0.4, 0.5) is 42.0 Å². The molecular formula is C17H8F6N4OS. The second-order valence-corrected chi connectivity index (χ2v) is 6.68. The number of amides is 2. The van der Waals surface area contributed by atoms with Gasteiger partial charge < -0.3 is 5.32 Å². The molecule has 0 spiro atoms. The summed E-state index contributed by atoms with van der Waals surface area (Å²) in [4.78, 5) is 16.0. The Morgan fingerprint density at radius 3 is 2.34 bits per heavy atom. The minimum Gasteiger partial charge on any atom is -0.308 e. The zero-order valence-electron chi connectivity index (χ0n) is 13.9. The summed E-state index contributed by atoms with van der Waals surface area (Å²) >= 11 is 0.774. The molecule has 0 unspecified atom stereocenters. The molecule has 0 fully saturated rings. The van der Waals surface area contributed by atoms with Gasteiger partial charge in [-0.1, -0.05) is 11.3 Å². The van der Waals surface area contributed by atoms with E-state index in [2.05, 4.69) is 15.6 Å². The van der Waals surface area contributed by atoms with Crippen LogP contribution in [0.5, 0.6) is 0 Å². The quantitative estimate of drug-likeness (QED) is 0.501. The van der Waals surface area contributed by atoms with Crippen LogP contribution in [-0.2, 0) is 12.4 Å². The van der Waals surface area contributed by atoms with Gasteiger partial charge in [0.05, 0.1) is 33.0 Å². The fraction of sp³-hybridized carbons (Fsp3) is 0.118. The first-order valence-corrected chi connectivity index (χ1v) is 8.46. The number of hydrogen-bond acceptors (Lipinski definition) is 4. The van der Waals surface area contributed by atoms with Crippen molar-refractivity contribution in [3.8, 4) is 6.07 Å². The number of nitrogens with zero attached hydrogens (tertiary/aromatic N) is 2. The van der Waals surface area contributed by atoms with Gasteiger partial charge in [0.25, 0.3) is 0 Å². The molecule has 0 aliphatic carbocycles. The molecule has 0 aliphatic heterocycles. The molecule has 0 aliphatic rings. The summed E-state index contributed by atoms with van der Waals surface area (Å²) in [5.74, 6) is 0. The molecule has 1 aromatic heterocycles. The Labute approximate surface area is 162 Å².